The molecule has 158 valence electrons. The maximum absolute atomic E-state index is 13.0. The van der Waals surface area contributed by atoms with Crippen LogP contribution in [-0.2, 0) is 4.79 Å². The van der Waals surface area contributed by atoms with Gasteiger partial charge in [-0.05, 0) is 50.5 Å². The zero-order chi connectivity index (χ0) is 22.0. The molecule has 30 heavy (non-hydrogen) atoms. The summed E-state index contributed by atoms with van der Waals surface area (Å²) in [7, 11) is 1.62. The number of thiophene rings is 1. The molecule has 0 saturated heterocycles. The molecular formula is C22H25N3O3S2. The number of hydrogen-bond donors (Lipinski definition) is 2. The van der Waals surface area contributed by atoms with Gasteiger partial charge in [-0.25, -0.2) is 4.98 Å². The van der Waals surface area contributed by atoms with Gasteiger partial charge in [0.15, 0.2) is 0 Å². The van der Waals surface area contributed by atoms with Gasteiger partial charge in [0, 0.05) is 10.3 Å². The molecule has 8 heteroatoms. The number of methoxy groups -OCH3 is 1. The molecule has 3 N–H and O–H groups in total. The number of ether oxygens (including phenoxy) is 1. The van der Waals surface area contributed by atoms with Crippen molar-refractivity contribution in [2.75, 3.05) is 12.4 Å². The van der Waals surface area contributed by atoms with Gasteiger partial charge in [-0.1, -0.05) is 30.8 Å². The van der Waals surface area contributed by atoms with E-state index in [0.29, 0.717) is 22.7 Å². The fraction of sp³-hybridized carbons (Fsp3) is 0.318. The molecule has 1 aromatic carbocycles. The Kier molecular flexibility index (Phi) is 6.67. The third kappa shape index (κ3) is 4.29. The fourth-order valence-corrected chi connectivity index (χ4v) is 5.34. The van der Waals surface area contributed by atoms with Crippen LogP contribution in [0.4, 0.5) is 5.00 Å². The van der Waals surface area contributed by atoms with E-state index in [1.807, 2.05) is 52.0 Å². The first-order chi connectivity index (χ1) is 14.3. The van der Waals surface area contributed by atoms with Crippen LogP contribution < -0.4 is 15.8 Å². The molecule has 0 aliphatic heterocycles. The topological polar surface area (TPSA) is 94.3 Å². The number of anilines is 1. The summed E-state index contributed by atoms with van der Waals surface area (Å²) in [5, 5.41) is 4.81. The minimum Gasteiger partial charge on any atom is -0.494 e. The quantitative estimate of drug-likeness (QED) is 0.510. The highest BCUT2D eigenvalue weighted by Gasteiger charge is 2.24. The lowest BCUT2D eigenvalue weighted by Gasteiger charge is -2.15. The summed E-state index contributed by atoms with van der Waals surface area (Å²) in [5.41, 5.74) is 8.56. The highest BCUT2D eigenvalue weighted by molar-refractivity contribution is 8.00. The predicted molar refractivity (Wildman–Crippen MR) is 124 cm³/mol. The normalized spacial score (nSPS) is 12.0. The van der Waals surface area contributed by atoms with Crippen molar-refractivity contribution in [1.29, 1.82) is 0 Å². The Balaban J connectivity index is 1.88. The van der Waals surface area contributed by atoms with E-state index in [1.54, 1.807) is 7.11 Å². The first-order valence-corrected chi connectivity index (χ1v) is 11.3. The molecular weight excluding hydrogens is 418 g/mol. The van der Waals surface area contributed by atoms with E-state index in [2.05, 4.69) is 5.32 Å². The molecule has 3 rings (SSSR count). The molecule has 0 saturated carbocycles. The lowest BCUT2D eigenvalue weighted by atomic mass is 10.1. The van der Waals surface area contributed by atoms with Gasteiger partial charge in [0.2, 0.25) is 5.91 Å². The first-order valence-electron chi connectivity index (χ1n) is 9.58. The number of hydrogen-bond acceptors (Lipinski definition) is 6. The number of pyridine rings is 1. The second-order valence-electron chi connectivity index (χ2n) is 6.99. The Labute approximate surface area is 184 Å². The molecule has 0 radical (unpaired) electrons. The largest absolute Gasteiger partial charge is 0.494 e. The van der Waals surface area contributed by atoms with Gasteiger partial charge in [-0.15, -0.1) is 11.3 Å². The number of carbonyl (C=O) groups excluding carboxylic acids is 2. The molecule has 2 heterocycles. The number of benzene rings is 1. The van der Waals surface area contributed by atoms with Crippen LogP contribution in [0, 0.1) is 20.8 Å². The number of fused-ring (bicyclic) bond motifs is 1. The van der Waals surface area contributed by atoms with E-state index in [9.17, 15) is 9.59 Å². The molecule has 0 fully saturated rings. The van der Waals surface area contributed by atoms with Gasteiger partial charge >= 0.3 is 0 Å². The molecule has 1 atom stereocenters. The van der Waals surface area contributed by atoms with E-state index < -0.39 is 5.91 Å². The Morgan fingerprint density at radius 2 is 2.03 bits per heavy atom. The molecule has 0 aliphatic rings. The number of aromatic nitrogens is 1. The van der Waals surface area contributed by atoms with Gasteiger partial charge in [0.1, 0.15) is 16.3 Å². The maximum atomic E-state index is 13.0. The molecule has 6 nitrogen and oxygen atoms in total. The number of nitrogens with zero attached hydrogens (tertiary/aromatic N) is 1. The zero-order valence-corrected chi connectivity index (χ0v) is 19.3. The van der Waals surface area contributed by atoms with Crippen molar-refractivity contribution in [2.45, 2.75) is 44.4 Å². The van der Waals surface area contributed by atoms with Gasteiger partial charge in [0.05, 0.1) is 22.9 Å². The summed E-state index contributed by atoms with van der Waals surface area (Å²) in [5.74, 6) is -0.0104. The number of amides is 2. The van der Waals surface area contributed by atoms with Crippen LogP contribution in [0.15, 0.2) is 29.3 Å². The predicted octanol–water partition coefficient (Wildman–Crippen LogP) is 4.84. The van der Waals surface area contributed by atoms with E-state index >= 15 is 0 Å². The second-order valence-corrected chi connectivity index (χ2v) is 9.44. The molecule has 0 spiro atoms. The Bertz CT molecular complexity index is 1120. The average Bonchev–Trinajstić information content (AvgIpc) is 2.98. The minimum atomic E-state index is -0.535. The van der Waals surface area contributed by atoms with Crippen molar-refractivity contribution in [2.24, 2.45) is 5.73 Å². The molecule has 1 unspecified atom stereocenters. The van der Waals surface area contributed by atoms with Gasteiger partial charge in [0.25, 0.3) is 5.91 Å². The number of nitrogens with one attached hydrogen (secondary N) is 1. The number of aryl methyl sites for hydroxylation is 2. The van der Waals surface area contributed by atoms with Crippen LogP contribution in [0.1, 0.15) is 39.7 Å². The van der Waals surface area contributed by atoms with E-state index in [1.165, 1.54) is 23.1 Å². The lowest BCUT2D eigenvalue weighted by molar-refractivity contribution is -0.115. The summed E-state index contributed by atoms with van der Waals surface area (Å²) in [4.78, 5) is 30.5. The van der Waals surface area contributed by atoms with E-state index in [4.69, 9.17) is 15.5 Å². The summed E-state index contributed by atoms with van der Waals surface area (Å²) < 4.78 is 5.45. The van der Waals surface area contributed by atoms with Gasteiger partial charge in [-0.3, -0.25) is 9.59 Å². The summed E-state index contributed by atoms with van der Waals surface area (Å²) >= 11 is 2.77. The molecule has 3 aromatic rings. The summed E-state index contributed by atoms with van der Waals surface area (Å²) in [6.07, 6.45) is 0.608. The molecule has 2 aromatic heterocycles. The van der Waals surface area contributed by atoms with Crippen LogP contribution in [0.2, 0.25) is 0 Å². The van der Waals surface area contributed by atoms with Gasteiger partial charge < -0.3 is 15.8 Å². The van der Waals surface area contributed by atoms with Crippen LogP contribution in [0.3, 0.4) is 0 Å². The number of rotatable bonds is 7. The Morgan fingerprint density at radius 1 is 1.30 bits per heavy atom. The number of primary amides is 1. The van der Waals surface area contributed by atoms with Crippen LogP contribution >= 0.6 is 23.1 Å². The number of para-hydroxylation sites is 1. The van der Waals surface area contributed by atoms with Crippen LogP contribution in [0.25, 0.3) is 10.9 Å². The number of carbonyl (C=O) groups is 2. The van der Waals surface area contributed by atoms with Crippen molar-refractivity contribution in [3.63, 3.8) is 0 Å². The average molecular weight is 444 g/mol. The van der Waals surface area contributed by atoms with Crippen molar-refractivity contribution < 1.29 is 14.3 Å². The van der Waals surface area contributed by atoms with E-state index in [-0.39, 0.29) is 11.2 Å². The minimum absolute atomic E-state index is 0.175. The van der Waals surface area contributed by atoms with Crippen molar-refractivity contribution in [3.05, 3.63) is 45.8 Å². The zero-order valence-electron chi connectivity index (χ0n) is 17.7. The van der Waals surface area contributed by atoms with Crippen molar-refractivity contribution in [3.8, 4) is 5.75 Å². The number of nitrogens with two attached hydrogens (primary N) is 1. The van der Waals surface area contributed by atoms with Crippen molar-refractivity contribution >= 4 is 50.8 Å². The fourth-order valence-electron chi connectivity index (χ4n) is 3.26. The third-order valence-corrected chi connectivity index (χ3v) is 7.41. The Hall–Kier alpha value is -2.58. The third-order valence-electron chi connectivity index (χ3n) is 5.00. The second kappa shape index (κ2) is 9.06. The first kappa shape index (κ1) is 22.1. The highest BCUT2D eigenvalue weighted by Crippen LogP contribution is 2.35. The van der Waals surface area contributed by atoms with Crippen LogP contribution in [-0.4, -0.2) is 29.2 Å². The Morgan fingerprint density at radius 3 is 2.67 bits per heavy atom. The molecule has 0 bridgehead atoms. The highest BCUT2D eigenvalue weighted by atomic mass is 32.2. The van der Waals surface area contributed by atoms with E-state index in [0.717, 1.165) is 31.9 Å². The smallest absolute Gasteiger partial charge is 0.251 e. The van der Waals surface area contributed by atoms with Crippen molar-refractivity contribution in [1.82, 2.24) is 4.98 Å². The summed E-state index contributed by atoms with van der Waals surface area (Å²) in [6.45, 7) is 7.71. The molecule has 2 amide bonds. The number of thioether (sulfide) groups is 1. The monoisotopic (exact) mass is 443 g/mol. The van der Waals surface area contributed by atoms with Gasteiger partial charge in [-0.2, -0.15) is 0 Å². The van der Waals surface area contributed by atoms with Crippen LogP contribution in [0.5, 0.6) is 5.75 Å². The summed E-state index contributed by atoms with van der Waals surface area (Å²) in [6, 6.07) is 7.80. The lowest BCUT2D eigenvalue weighted by Crippen LogP contribution is -2.25. The molecule has 0 aliphatic carbocycles. The SMILES string of the molecule is CCC(Sc1cc(C)c2cccc(OC)c2n1)C(=O)Nc1sc(C)c(C)c1C(N)=O. The standard InChI is InChI=1S/C22H25N3O3S2/c1-6-16(21(27)25-22-18(20(23)26)12(3)13(4)29-22)30-17-10-11(2)14-8-7-9-15(28-5)19(14)24-17/h7-10,16H,6H2,1-5H3,(H2,23,26)(H,25,27). The maximum Gasteiger partial charge on any atom is 0.251 e.